The maximum absolute atomic E-state index is 4.04. The Morgan fingerprint density at radius 2 is 1.62 bits per heavy atom. The van der Waals surface area contributed by atoms with Crippen LogP contribution >= 0.6 is 0 Å². The van der Waals surface area contributed by atoms with Gasteiger partial charge in [-0.3, -0.25) is 0 Å². The first kappa shape index (κ1) is 17.6. The summed E-state index contributed by atoms with van der Waals surface area (Å²) >= 11 is 0. The number of hydrogen-bond donors (Lipinski definition) is 0. The SMILES string of the molecule is C=C/C(CCCC)=C(/C)C(=C)CC.CCC. The Labute approximate surface area is 103 Å². The van der Waals surface area contributed by atoms with Crippen LogP contribution in [-0.2, 0) is 0 Å². The first-order valence-corrected chi connectivity index (χ1v) is 6.59. The van der Waals surface area contributed by atoms with E-state index < -0.39 is 0 Å². The van der Waals surface area contributed by atoms with Crippen molar-refractivity contribution >= 4 is 0 Å². The molecule has 94 valence electrons. The van der Waals surface area contributed by atoms with E-state index in [2.05, 4.69) is 47.8 Å². The molecule has 0 bridgehead atoms. The summed E-state index contributed by atoms with van der Waals surface area (Å²) < 4.78 is 0. The molecule has 0 spiro atoms. The van der Waals surface area contributed by atoms with Crippen LogP contribution in [0.15, 0.2) is 36.0 Å². The zero-order valence-electron chi connectivity index (χ0n) is 12.0. The molecule has 0 saturated heterocycles. The lowest BCUT2D eigenvalue weighted by molar-refractivity contribution is 0.792. The summed E-state index contributed by atoms with van der Waals surface area (Å²) in [6.07, 6.45) is 7.89. The van der Waals surface area contributed by atoms with E-state index in [0.717, 1.165) is 12.8 Å². The van der Waals surface area contributed by atoms with Crippen LogP contribution in [0.1, 0.15) is 66.7 Å². The van der Waals surface area contributed by atoms with E-state index in [1.54, 1.807) is 0 Å². The van der Waals surface area contributed by atoms with Gasteiger partial charge in [-0.05, 0) is 37.3 Å². The molecule has 0 aliphatic heterocycles. The standard InChI is InChI=1S/C13H22.C3H8/c1-6-9-10-13(8-3)12(5)11(4)7-2;1-3-2/h8H,3-4,6-7,9-10H2,1-2,5H3;3H2,1-2H3/b13-12+;. The molecule has 0 rings (SSSR count). The second kappa shape index (κ2) is 12.3. The second-order valence-electron chi connectivity index (χ2n) is 4.12. The Bertz CT molecular complexity index is 218. The number of allylic oxidation sites excluding steroid dienone is 4. The molecule has 0 saturated carbocycles. The first-order valence-electron chi connectivity index (χ1n) is 6.59. The third-order valence-electron chi connectivity index (χ3n) is 2.48. The lowest BCUT2D eigenvalue weighted by Gasteiger charge is -2.09. The van der Waals surface area contributed by atoms with E-state index in [4.69, 9.17) is 0 Å². The quantitative estimate of drug-likeness (QED) is 0.479. The molecule has 0 aliphatic rings. The molecular weight excluding hydrogens is 192 g/mol. The maximum atomic E-state index is 4.04. The number of unbranched alkanes of at least 4 members (excludes halogenated alkanes) is 1. The van der Waals surface area contributed by atoms with Crippen LogP contribution in [-0.4, -0.2) is 0 Å². The largest absolute Gasteiger partial charge is 0.0988 e. The molecule has 16 heavy (non-hydrogen) atoms. The third-order valence-corrected chi connectivity index (χ3v) is 2.48. The molecule has 0 nitrogen and oxygen atoms in total. The van der Waals surface area contributed by atoms with Gasteiger partial charge in [-0.2, -0.15) is 0 Å². The highest BCUT2D eigenvalue weighted by atomic mass is 14.1. The minimum Gasteiger partial charge on any atom is -0.0988 e. The van der Waals surface area contributed by atoms with E-state index in [-0.39, 0.29) is 0 Å². The monoisotopic (exact) mass is 222 g/mol. The molecule has 0 unspecified atom stereocenters. The van der Waals surface area contributed by atoms with E-state index >= 15 is 0 Å². The molecule has 0 aromatic rings. The lowest BCUT2D eigenvalue weighted by Crippen LogP contribution is -1.89. The number of rotatable bonds is 6. The molecule has 0 aromatic heterocycles. The minimum atomic E-state index is 1.04. The van der Waals surface area contributed by atoms with Crippen molar-refractivity contribution < 1.29 is 0 Å². The van der Waals surface area contributed by atoms with Crippen LogP contribution < -0.4 is 0 Å². The van der Waals surface area contributed by atoms with Gasteiger partial charge in [0, 0.05) is 0 Å². The number of hydrogen-bond acceptors (Lipinski definition) is 0. The highest BCUT2D eigenvalue weighted by Crippen LogP contribution is 2.20. The Balaban J connectivity index is 0. The molecule has 0 radical (unpaired) electrons. The van der Waals surface area contributed by atoms with E-state index in [1.807, 2.05) is 6.08 Å². The van der Waals surface area contributed by atoms with Crippen molar-refractivity contribution in [1.82, 2.24) is 0 Å². The van der Waals surface area contributed by atoms with Crippen molar-refractivity contribution in [3.05, 3.63) is 36.0 Å². The molecule has 0 heterocycles. The second-order valence-corrected chi connectivity index (χ2v) is 4.12. The summed E-state index contributed by atoms with van der Waals surface area (Å²) in [6, 6.07) is 0. The van der Waals surface area contributed by atoms with Gasteiger partial charge in [0.15, 0.2) is 0 Å². The molecule has 0 heteroatoms. The average Bonchev–Trinajstić information content (AvgIpc) is 2.29. The summed E-state index contributed by atoms with van der Waals surface area (Å²) in [7, 11) is 0. The minimum absolute atomic E-state index is 1.04. The Morgan fingerprint density at radius 3 is 1.94 bits per heavy atom. The fraction of sp³-hybridized carbons (Fsp3) is 0.625. The molecule has 0 aliphatic carbocycles. The van der Waals surface area contributed by atoms with Gasteiger partial charge in [-0.1, -0.05) is 65.3 Å². The van der Waals surface area contributed by atoms with Crippen molar-refractivity contribution in [1.29, 1.82) is 0 Å². The normalized spacial score (nSPS) is 11.1. The molecule has 0 N–H and O–H groups in total. The average molecular weight is 222 g/mol. The van der Waals surface area contributed by atoms with E-state index in [9.17, 15) is 0 Å². The van der Waals surface area contributed by atoms with Crippen LogP contribution in [0.25, 0.3) is 0 Å². The topological polar surface area (TPSA) is 0 Å². The smallest absolute Gasteiger partial charge is 0.0276 e. The van der Waals surface area contributed by atoms with Gasteiger partial charge in [0.1, 0.15) is 0 Å². The zero-order valence-corrected chi connectivity index (χ0v) is 12.0. The molecule has 0 atom stereocenters. The predicted molar refractivity (Wildman–Crippen MR) is 77.8 cm³/mol. The van der Waals surface area contributed by atoms with Gasteiger partial charge in [0.2, 0.25) is 0 Å². The van der Waals surface area contributed by atoms with Gasteiger partial charge in [0.05, 0.1) is 0 Å². The van der Waals surface area contributed by atoms with Gasteiger partial charge < -0.3 is 0 Å². The van der Waals surface area contributed by atoms with Crippen LogP contribution in [0.2, 0.25) is 0 Å². The van der Waals surface area contributed by atoms with Crippen molar-refractivity contribution in [2.45, 2.75) is 66.7 Å². The third kappa shape index (κ3) is 8.52. The van der Waals surface area contributed by atoms with Gasteiger partial charge in [-0.15, -0.1) is 0 Å². The Kier molecular flexibility index (Phi) is 13.5. The highest BCUT2D eigenvalue weighted by Gasteiger charge is 2.00. The van der Waals surface area contributed by atoms with Crippen LogP contribution in [0, 0.1) is 0 Å². The maximum Gasteiger partial charge on any atom is -0.0276 e. The van der Waals surface area contributed by atoms with Crippen molar-refractivity contribution in [3.63, 3.8) is 0 Å². The van der Waals surface area contributed by atoms with Crippen LogP contribution in [0.5, 0.6) is 0 Å². The summed E-state index contributed by atoms with van der Waals surface area (Å²) in [6.45, 7) is 18.7. The first-order chi connectivity index (χ1) is 7.58. The van der Waals surface area contributed by atoms with Crippen LogP contribution in [0.4, 0.5) is 0 Å². The predicted octanol–water partition coefficient (Wildman–Crippen LogP) is 6.06. The van der Waals surface area contributed by atoms with E-state index in [1.165, 1.54) is 36.0 Å². The van der Waals surface area contributed by atoms with Crippen LogP contribution in [0.3, 0.4) is 0 Å². The lowest BCUT2D eigenvalue weighted by atomic mass is 9.97. The summed E-state index contributed by atoms with van der Waals surface area (Å²) in [5, 5.41) is 0. The van der Waals surface area contributed by atoms with Gasteiger partial charge in [-0.25, -0.2) is 0 Å². The Hall–Kier alpha value is -0.780. The highest BCUT2D eigenvalue weighted by molar-refractivity contribution is 5.36. The van der Waals surface area contributed by atoms with Crippen molar-refractivity contribution in [2.24, 2.45) is 0 Å². The summed E-state index contributed by atoms with van der Waals surface area (Å²) in [5.74, 6) is 0. The molecule has 0 aromatic carbocycles. The van der Waals surface area contributed by atoms with Gasteiger partial charge >= 0.3 is 0 Å². The van der Waals surface area contributed by atoms with Gasteiger partial charge in [0.25, 0.3) is 0 Å². The molecule has 0 fully saturated rings. The zero-order chi connectivity index (χ0) is 13.0. The summed E-state index contributed by atoms with van der Waals surface area (Å²) in [5.41, 5.74) is 3.95. The van der Waals surface area contributed by atoms with Crippen molar-refractivity contribution in [3.8, 4) is 0 Å². The summed E-state index contributed by atoms with van der Waals surface area (Å²) in [4.78, 5) is 0. The fourth-order valence-electron chi connectivity index (χ4n) is 1.30. The van der Waals surface area contributed by atoms with E-state index in [0.29, 0.717) is 0 Å². The van der Waals surface area contributed by atoms with Crippen molar-refractivity contribution in [2.75, 3.05) is 0 Å². The molecular formula is C16H30. The Morgan fingerprint density at radius 1 is 1.12 bits per heavy atom. The fourth-order valence-corrected chi connectivity index (χ4v) is 1.30. The molecule has 0 amide bonds.